The third kappa shape index (κ3) is 1.31. The Morgan fingerprint density at radius 1 is 1.31 bits per heavy atom. The summed E-state index contributed by atoms with van der Waals surface area (Å²) in [6.07, 6.45) is 0. The molecule has 0 saturated heterocycles. The molecule has 3 rings (SSSR count). The van der Waals surface area contributed by atoms with Gasteiger partial charge >= 0.3 is 0 Å². The zero-order valence-electron chi connectivity index (χ0n) is 8.73. The highest BCUT2D eigenvalue weighted by atomic mass is 32.1. The van der Waals surface area contributed by atoms with E-state index in [1.807, 2.05) is 19.1 Å². The molecule has 0 bridgehead atoms. The minimum atomic E-state index is 0.225. The van der Waals surface area contributed by atoms with E-state index in [1.165, 1.54) is 10.1 Å². The van der Waals surface area contributed by atoms with Crippen LogP contribution in [0.4, 0.5) is 6.01 Å². The van der Waals surface area contributed by atoms with E-state index < -0.39 is 0 Å². The fourth-order valence-corrected chi connectivity index (χ4v) is 2.77. The molecule has 16 heavy (non-hydrogen) atoms. The minimum absolute atomic E-state index is 0.225. The Bertz CT molecular complexity index is 654. The number of anilines is 1. The first-order valence-corrected chi connectivity index (χ1v) is 5.83. The van der Waals surface area contributed by atoms with Crippen LogP contribution in [0.5, 0.6) is 0 Å². The molecule has 0 amide bonds. The van der Waals surface area contributed by atoms with E-state index in [4.69, 9.17) is 10.2 Å². The van der Waals surface area contributed by atoms with Gasteiger partial charge in [0.1, 0.15) is 11.5 Å². The van der Waals surface area contributed by atoms with Crippen LogP contribution >= 0.6 is 11.3 Å². The van der Waals surface area contributed by atoms with Gasteiger partial charge in [-0.3, -0.25) is 0 Å². The maximum absolute atomic E-state index is 5.56. The third-order valence-corrected chi connectivity index (χ3v) is 3.51. The first-order chi connectivity index (χ1) is 7.75. The highest BCUT2D eigenvalue weighted by molar-refractivity contribution is 7.17. The Morgan fingerprint density at radius 3 is 2.88 bits per heavy atom. The third-order valence-electron chi connectivity index (χ3n) is 2.55. The largest absolute Gasteiger partial charge is 0.429 e. The lowest BCUT2D eigenvalue weighted by atomic mass is 10.1. The van der Waals surface area contributed by atoms with E-state index in [0.717, 1.165) is 17.0 Å². The molecular weight excluding hydrogens is 220 g/mol. The van der Waals surface area contributed by atoms with Crippen LogP contribution in [0.25, 0.3) is 21.3 Å². The maximum atomic E-state index is 5.56. The predicted octanol–water partition coefficient (Wildman–Crippen LogP) is 3.45. The van der Waals surface area contributed by atoms with Crippen LogP contribution in [0.2, 0.25) is 0 Å². The molecule has 0 saturated carbocycles. The van der Waals surface area contributed by atoms with E-state index in [2.05, 4.69) is 22.5 Å². The Morgan fingerprint density at radius 2 is 2.12 bits per heavy atom. The van der Waals surface area contributed by atoms with Gasteiger partial charge in [-0.1, -0.05) is 18.2 Å². The van der Waals surface area contributed by atoms with Gasteiger partial charge in [-0.15, -0.1) is 11.3 Å². The average Bonchev–Trinajstić information content (AvgIpc) is 2.81. The quantitative estimate of drug-likeness (QED) is 0.696. The van der Waals surface area contributed by atoms with Crippen LogP contribution in [0.1, 0.15) is 5.76 Å². The van der Waals surface area contributed by atoms with Crippen LogP contribution in [-0.4, -0.2) is 4.98 Å². The van der Waals surface area contributed by atoms with Crippen LogP contribution in [-0.2, 0) is 0 Å². The highest BCUT2D eigenvalue weighted by Crippen LogP contribution is 2.35. The molecule has 0 fully saturated rings. The second kappa shape index (κ2) is 3.35. The molecule has 0 aliphatic carbocycles. The molecule has 2 N–H and O–H groups in total. The predicted molar refractivity (Wildman–Crippen MR) is 66.5 cm³/mol. The molecule has 2 heterocycles. The van der Waals surface area contributed by atoms with Gasteiger partial charge in [-0.25, -0.2) is 0 Å². The lowest BCUT2D eigenvalue weighted by Gasteiger charge is -1.94. The van der Waals surface area contributed by atoms with Crippen molar-refractivity contribution in [3.05, 3.63) is 35.4 Å². The summed E-state index contributed by atoms with van der Waals surface area (Å²) in [5.41, 5.74) is 7.49. The van der Waals surface area contributed by atoms with Crippen molar-refractivity contribution >= 4 is 27.4 Å². The number of hydrogen-bond acceptors (Lipinski definition) is 4. The van der Waals surface area contributed by atoms with Crippen molar-refractivity contribution in [2.45, 2.75) is 6.92 Å². The Labute approximate surface area is 96.5 Å². The number of oxazole rings is 1. The molecule has 2 aromatic heterocycles. The molecule has 1 aromatic carbocycles. The van der Waals surface area contributed by atoms with Crippen molar-refractivity contribution in [2.75, 3.05) is 5.73 Å². The molecule has 4 heteroatoms. The Balaban J connectivity index is 2.30. The van der Waals surface area contributed by atoms with Gasteiger partial charge in [0.2, 0.25) is 0 Å². The monoisotopic (exact) mass is 230 g/mol. The fraction of sp³-hybridized carbons (Fsp3) is 0.0833. The molecule has 0 atom stereocenters. The summed E-state index contributed by atoms with van der Waals surface area (Å²) in [4.78, 5) is 4.22. The number of nitrogens with zero attached hydrogens (tertiary/aromatic N) is 1. The van der Waals surface area contributed by atoms with Crippen molar-refractivity contribution in [3.63, 3.8) is 0 Å². The van der Waals surface area contributed by atoms with Crippen molar-refractivity contribution < 1.29 is 4.42 Å². The van der Waals surface area contributed by atoms with Crippen LogP contribution in [0.15, 0.2) is 34.1 Å². The number of benzene rings is 1. The lowest BCUT2D eigenvalue weighted by molar-refractivity contribution is 0.549. The van der Waals surface area contributed by atoms with Crippen molar-refractivity contribution in [3.8, 4) is 11.3 Å². The molecule has 0 radical (unpaired) electrons. The summed E-state index contributed by atoms with van der Waals surface area (Å²) in [5, 5.41) is 3.29. The van der Waals surface area contributed by atoms with E-state index in [0.29, 0.717) is 0 Å². The summed E-state index contributed by atoms with van der Waals surface area (Å²) in [6, 6.07) is 8.47. The number of nitrogen functional groups attached to an aromatic ring is 1. The lowest BCUT2D eigenvalue weighted by Crippen LogP contribution is -1.83. The van der Waals surface area contributed by atoms with E-state index in [1.54, 1.807) is 11.3 Å². The van der Waals surface area contributed by atoms with Crippen molar-refractivity contribution in [2.24, 2.45) is 0 Å². The molecule has 3 aromatic rings. The molecule has 3 nitrogen and oxygen atoms in total. The summed E-state index contributed by atoms with van der Waals surface area (Å²) < 4.78 is 6.51. The molecule has 0 aliphatic heterocycles. The summed E-state index contributed by atoms with van der Waals surface area (Å²) in [5.74, 6) is 0.765. The van der Waals surface area contributed by atoms with E-state index in [9.17, 15) is 0 Å². The van der Waals surface area contributed by atoms with Crippen LogP contribution < -0.4 is 5.73 Å². The number of nitrogens with two attached hydrogens (primary N) is 1. The van der Waals surface area contributed by atoms with Gasteiger partial charge in [-0.2, -0.15) is 4.98 Å². The summed E-state index contributed by atoms with van der Waals surface area (Å²) >= 11 is 1.70. The van der Waals surface area contributed by atoms with Gasteiger partial charge in [-0.05, 0) is 13.0 Å². The number of thiophene rings is 1. The number of aryl methyl sites for hydroxylation is 1. The molecule has 0 aliphatic rings. The van der Waals surface area contributed by atoms with Crippen molar-refractivity contribution in [1.29, 1.82) is 0 Å². The molecule has 0 spiro atoms. The fourth-order valence-electron chi connectivity index (χ4n) is 1.83. The van der Waals surface area contributed by atoms with Crippen molar-refractivity contribution in [1.82, 2.24) is 4.98 Å². The zero-order chi connectivity index (χ0) is 11.1. The minimum Gasteiger partial charge on any atom is -0.429 e. The molecular formula is C12H10N2OS. The summed E-state index contributed by atoms with van der Waals surface area (Å²) in [6.45, 7) is 1.88. The zero-order valence-corrected chi connectivity index (χ0v) is 9.54. The SMILES string of the molecule is Cc1oc(N)nc1-c1csc2ccccc12. The first kappa shape index (κ1) is 9.42. The number of hydrogen-bond donors (Lipinski definition) is 1. The van der Waals surface area contributed by atoms with E-state index in [-0.39, 0.29) is 6.01 Å². The average molecular weight is 230 g/mol. The Hall–Kier alpha value is -1.81. The highest BCUT2D eigenvalue weighted by Gasteiger charge is 2.13. The van der Waals surface area contributed by atoms with Gasteiger partial charge in [0, 0.05) is 21.0 Å². The number of rotatable bonds is 1. The van der Waals surface area contributed by atoms with Gasteiger partial charge in [0.15, 0.2) is 0 Å². The van der Waals surface area contributed by atoms with Crippen LogP contribution in [0.3, 0.4) is 0 Å². The molecule has 0 unspecified atom stereocenters. The Kier molecular flexibility index (Phi) is 1.97. The molecule has 80 valence electrons. The first-order valence-electron chi connectivity index (χ1n) is 4.95. The number of aromatic nitrogens is 1. The second-order valence-corrected chi connectivity index (χ2v) is 4.51. The van der Waals surface area contributed by atoms with Crippen LogP contribution in [0, 0.1) is 6.92 Å². The second-order valence-electron chi connectivity index (χ2n) is 3.60. The van der Waals surface area contributed by atoms with E-state index >= 15 is 0 Å². The topological polar surface area (TPSA) is 52.0 Å². The number of fused-ring (bicyclic) bond motifs is 1. The van der Waals surface area contributed by atoms with Gasteiger partial charge < -0.3 is 10.2 Å². The van der Waals surface area contributed by atoms with Gasteiger partial charge in [0.05, 0.1) is 0 Å². The maximum Gasteiger partial charge on any atom is 0.292 e. The standard InChI is InChI=1S/C12H10N2OS/c1-7-11(14-12(13)15-7)9-6-16-10-5-3-2-4-8(9)10/h2-6H,1H3,(H2,13,14). The smallest absolute Gasteiger partial charge is 0.292 e. The summed E-state index contributed by atoms with van der Waals surface area (Å²) in [7, 11) is 0. The van der Waals surface area contributed by atoms with Gasteiger partial charge in [0.25, 0.3) is 6.01 Å². The normalized spacial score (nSPS) is 11.1.